The number of carbonyl (C=O) groups excluding carboxylic acids is 1. The molecule has 1 aliphatic rings. The zero-order chi connectivity index (χ0) is 13.7. The zero-order valence-corrected chi connectivity index (χ0v) is 12.4. The number of benzene rings is 1. The number of hydrogen-bond donors (Lipinski definition) is 2. The van der Waals surface area contributed by atoms with Gasteiger partial charge in [-0.1, -0.05) is 19.8 Å². The normalized spacial score (nSPS) is 22.8. The van der Waals surface area contributed by atoms with Crippen LogP contribution in [0.1, 0.15) is 32.6 Å². The highest BCUT2D eigenvalue weighted by molar-refractivity contribution is 7.98. The van der Waals surface area contributed by atoms with Crippen molar-refractivity contribution < 1.29 is 4.79 Å². The lowest BCUT2D eigenvalue weighted by molar-refractivity contribution is 0.238. The molecule has 0 bridgehead atoms. The van der Waals surface area contributed by atoms with Crippen LogP contribution >= 0.6 is 11.8 Å². The average molecular weight is 278 g/mol. The Morgan fingerprint density at radius 3 is 2.63 bits per heavy atom. The van der Waals surface area contributed by atoms with Gasteiger partial charge in [-0.15, -0.1) is 11.8 Å². The summed E-state index contributed by atoms with van der Waals surface area (Å²) < 4.78 is 0. The Balaban J connectivity index is 1.83. The van der Waals surface area contributed by atoms with Gasteiger partial charge < -0.3 is 10.6 Å². The van der Waals surface area contributed by atoms with Crippen LogP contribution in [0.15, 0.2) is 29.2 Å². The van der Waals surface area contributed by atoms with E-state index >= 15 is 0 Å². The van der Waals surface area contributed by atoms with Crippen molar-refractivity contribution in [3.8, 4) is 0 Å². The number of urea groups is 1. The van der Waals surface area contributed by atoms with E-state index in [1.54, 1.807) is 11.8 Å². The fraction of sp³-hybridized carbons (Fsp3) is 0.533. The molecule has 0 aromatic heterocycles. The molecule has 2 rings (SSSR count). The smallest absolute Gasteiger partial charge is 0.319 e. The fourth-order valence-corrected chi connectivity index (χ4v) is 3.00. The van der Waals surface area contributed by atoms with Crippen LogP contribution < -0.4 is 10.6 Å². The molecule has 1 aromatic rings. The number of anilines is 1. The topological polar surface area (TPSA) is 41.1 Å². The molecule has 1 aromatic carbocycles. The van der Waals surface area contributed by atoms with Crippen LogP contribution in [-0.4, -0.2) is 18.3 Å². The lowest BCUT2D eigenvalue weighted by Gasteiger charge is -2.27. The second-order valence-corrected chi connectivity index (χ2v) is 6.18. The fourth-order valence-electron chi connectivity index (χ4n) is 2.59. The van der Waals surface area contributed by atoms with Crippen LogP contribution in [0.2, 0.25) is 0 Å². The predicted octanol–water partition coefficient (Wildman–Crippen LogP) is 4.11. The molecule has 0 unspecified atom stereocenters. The Hall–Kier alpha value is -1.16. The van der Waals surface area contributed by atoms with E-state index in [4.69, 9.17) is 0 Å². The van der Waals surface area contributed by atoms with Gasteiger partial charge in [0.1, 0.15) is 0 Å². The third kappa shape index (κ3) is 4.46. The summed E-state index contributed by atoms with van der Waals surface area (Å²) in [6, 6.07) is 8.15. The molecule has 4 heteroatoms. The van der Waals surface area contributed by atoms with Gasteiger partial charge in [0, 0.05) is 16.6 Å². The van der Waals surface area contributed by atoms with Crippen molar-refractivity contribution in [1.29, 1.82) is 0 Å². The summed E-state index contributed by atoms with van der Waals surface area (Å²) in [5.41, 5.74) is 0.846. The molecular formula is C15H22N2OS. The number of thioether (sulfide) groups is 1. The van der Waals surface area contributed by atoms with Crippen LogP contribution in [0.3, 0.4) is 0 Å². The standard InChI is InChI=1S/C15H22N2OS/c1-11-4-3-5-13(10-11)17-15(18)16-12-6-8-14(19-2)9-7-12/h6-9,11,13H,3-5,10H2,1-2H3,(H2,16,17,18)/t11-,13-/m1/s1. The van der Waals surface area contributed by atoms with Crippen molar-refractivity contribution >= 4 is 23.5 Å². The Morgan fingerprint density at radius 2 is 2.00 bits per heavy atom. The molecule has 1 saturated carbocycles. The SMILES string of the molecule is CSc1ccc(NC(=O)N[C@@H]2CCC[C@@H](C)C2)cc1. The number of hydrogen-bond acceptors (Lipinski definition) is 2. The summed E-state index contributed by atoms with van der Waals surface area (Å²) in [6.45, 7) is 2.26. The van der Waals surface area contributed by atoms with Crippen LogP contribution in [-0.2, 0) is 0 Å². The second kappa shape index (κ2) is 6.85. The Labute approximate surface area is 119 Å². The van der Waals surface area contributed by atoms with Gasteiger partial charge >= 0.3 is 6.03 Å². The Morgan fingerprint density at radius 1 is 1.26 bits per heavy atom. The number of rotatable bonds is 3. The maximum Gasteiger partial charge on any atom is 0.319 e. The van der Waals surface area contributed by atoms with Crippen molar-refractivity contribution in [2.45, 2.75) is 43.5 Å². The molecular weight excluding hydrogens is 256 g/mol. The zero-order valence-electron chi connectivity index (χ0n) is 11.6. The molecule has 2 atom stereocenters. The van der Waals surface area contributed by atoms with E-state index in [1.807, 2.05) is 30.5 Å². The van der Waals surface area contributed by atoms with Crippen LogP contribution in [0.4, 0.5) is 10.5 Å². The van der Waals surface area contributed by atoms with Crippen LogP contribution in [0, 0.1) is 5.92 Å². The first kappa shape index (κ1) is 14.3. The molecule has 0 radical (unpaired) electrons. The van der Waals surface area contributed by atoms with Crippen LogP contribution in [0.25, 0.3) is 0 Å². The minimum Gasteiger partial charge on any atom is -0.335 e. The highest BCUT2D eigenvalue weighted by atomic mass is 32.2. The molecule has 0 spiro atoms. The van der Waals surface area contributed by atoms with Gasteiger partial charge in [0.2, 0.25) is 0 Å². The van der Waals surface area contributed by atoms with Crippen molar-refractivity contribution in [1.82, 2.24) is 5.32 Å². The van der Waals surface area contributed by atoms with Gasteiger partial charge in [-0.3, -0.25) is 0 Å². The van der Waals surface area contributed by atoms with E-state index in [2.05, 4.69) is 17.6 Å². The van der Waals surface area contributed by atoms with E-state index in [9.17, 15) is 4.79 Å². The third-order valence-corrected chi connectivity index (χ3v) is 4.36. The molecule has 1 fully saturated rings. The lowest BCUT2D eigenvalue weighted by atomic mass is 9.87. The van der Waals surface area contributed by atoms with Crippen LogP contribution in [0.5, 0.6) is 0 Å². The summed E-state index contributed by atoms with van der Waals surface area (Å²) in [7, 11) is 0. The van der Waals surface area contributed by atoms with Gasteiger partial charge in [-0.25, -0.2) is 4.79 Å². The number of carbonyl (C=O) groups is 1. The molecule has 3 nitrogen and oxygen atoms in total. The van der Waals surface area contributed by atoms with Crippen molar-refractivity contribution in [2.24, 2.45) is 5.92 Å². The Kier molecular flexibility index (Phi) is 5.14. The summed E-state index contributed by atoms with van der Waals surface area (Å²) in [5, 5.41) is 5.97. The summed E-state index contributed by atoms with van der Waals surface area (Å²) in [5.74, 6) is 0.722. The van der Waals surface area contributed by atoms with E-state index in [0.29, 0.717) is 6.04 Å². The molecule has 104 valence electrons. The number of amides is 2. The summed E-state index contributed by atoms with van der Waals surface area (Å²) in [6.07, 6.45) is 6.74. The Bertz CT molecular complexity index is 419. The maximum absolute atomic E-state index is 11.9. The monoisotopic (exact) mass is 278 g/mol. The van der Waals surface area contributed by atoms with Gasteiger partial charge in [0.05, 0.1) is 0 Å². The minimum absolute atomic E-state index is 0.0870. The van der Waals surface area contributed by atoms with Gasteiger partial charge in [0.15, 0.2) is 0 Å². The quantitative estimate of drug-likeness (QED) is 0.817. The van der Waals surface area contributed by atoms with Crippen molar-refractivity contribution in [3.05, 3.63) is 24.3 Å². The van der Waals surface area contributed by atoms with E-state index in [-0.39, 0.29) is 6.03 Å². The lowest BCUT2D eigenvalue weighted by Crippen LogP contribution is -2.40. The molecule has 2 N–H and O–H groups in total. The van der Waals surface area contributed by atoms with E-state index < -0.39 is 0 Å². The highest BCUT2D eigenvalue weighted by Crippen LogP contribution is 2.23. The molecule has 1 aliphatic carbocycles. The van der Waals surface area contributed by atoms with Gasteiger partial charge in [0.25, 0.3) is 0 Å². The van der Waals surface area contributed by atoms with E-state index in [1.165, 1.54) is 17.7 Å². The third-order valence-electron chi connectivity index (χ3n) is 3.62. The predicted molar refractivity (Wildman–Crippen MR) is 81.8 cm³/mol. The van der Waals surface area contributed by atoms with Gasteiger partial charge in [-0.05, 0) is 49.3 Å². The average Bonchev–Trinajstić information content (AvgIpc) is 2.39. The molecule has 0 aliphatic heterocycles. The van der Waals surface area contributed by atoms with Crippen molar-refractivity contribution in [2.75, 3.05) is 11.6 Å². The molecule has 0 saturated heterocycles. The van der Waals surface area contributed by atoms with Gasteiger partial charge in [-0.2, -0.15) is 0 Å². The molecule has 19 heavy (non-hydrogen) atoms. The summed E-state index contributed by atoms with van der Waals surface area (Å²) in [4.78, 5) is 13.1. The first-order valence-corrected chi connectivity index (χ1v) is 8.11. The number of nitrogens with one attached hydrogen (secondary N) is 2. The van der Waals surface area contributed by atoms with Crippen molar-refractivity contribution in [3.63, 3.8) is 0 Å². The first-order valence-electron chi connectivity index (χ1n) is 6.89. The first-order chi connectivity index (χ1) is 9.17. The second-order valence-electron chi connectivity index (χ2n) is 5.30. The van der Waals surface area contributed by atoms with E-state index in [0.717, 1.165) is 24.4 Å². The minimum atomic E-state index is -0.0870. The highest BCUT2D eigenvalue weighted by Gasteiger charge is 2.20. The largest absolute Gasteiger partial charge is 0.335 e. The molecule has 0 heterocycles. The molecule has 2 amide bonds. The summed E-state index contributed by atoms with van der Waals surface area (Å²) >= 11 is 1.70. The maximum atomic E-state index is 11.9.